The third-order valence-corrected chi connectivity index (χ3v) is 19.1. The quantitative estimate of drug-likeness (QED) is 0.0442. The van der Waals surface area contributed by atoms with E-state index in [9.17, 15) is 30.8 Å². The number of hydrogen-bond acceptors (Lipinski definition) is 24. The summed E-state index contributed by atoms with van der Waals surface area (Å²) in [5.74, 6) is 2.96. The molecule has 3 fully saturated rings. The van der Waals surface area contributed by atoms with Gasteiger partial charge in [-0.05, 0) is 230 Å². The van der Waals surface area contributed by atoms with Crippen molar-refractivity contribution in [2.24, 2.45) is 0 Å². The van der Waals surface area contributed by atoms with Gasteiger partial charge in [0.1, 0.15) is 64.6 Å². The third kappa shape index (κ3) is 24.7. The zero-order valence-corrected chi connectivity index (χ0v) is 63.4. The minimum atomic E-state index is -0.535. The van der Waals surface area contributed by atoms with Crippen LogP contribution in [-0.4, -0.2) is 150 Å². The SMILES string of the molecule is CC1(C)OB(C2=CCOCC2)OC1(C)C.N#Cc1cc(-c2ccnc(Cl)c2)ccc1OC1CCOCC1.N#Cc1cc(-c2ccnc(Nc3ccc(C4=CCOCC4)cn3)c2)ccc1OC1CCOCC1.Nc1ccc(C2=CCOCC2)cn1.O=[N+]([O-])c1ccc(Br)cn1.O=[N+]([O-])c1ccc(C2=CCOCC2)cn1. The van der Waals surface area contributed by atoms with Crippen LogP contribution in [0.5, 0.6) is 11.5 Å². The first-order valence-corrected chi connectivity index (χ1v) is 36.9. The van der Waals surface area contributed by atoms with Gasteiger partial charge in [-0.1, -0.05) is 48.0 Å². The number of rotatable bonds is 14. The van der Waals surface area contributed by atoms with E-state index in [-0.39, 0.29) is 42.2 Å². The molecule has 7 aliphatic rings. The summed E-state index contributed by atoms with van der Waals surface area (Å²) in [5, 5.41) is 43.2. The Bertz CT molecular complexity index is 4550. The van der Waals surface area contributed by atoms with Gasteiger partial charge in [0.25, 0.3) is 0 Å². The van der Waals surface area contributed by atoms with Crippen LogP contribution in [0.2, 0.25) is 5.15 Å². The molecule has 6 aromatic heterocycles. The summed E-state index contributed by atoms with van der Waals surface area (Å²) >= 11 is 9.03. The fourth-order valence-corrected chi connectivity index (χ4v) is 12.1. The number of halogens is 2. The normalized spacial score (nSPS) is 17.2. The Morgan fingerprint density at radius 3 is 1.36 bits per heavy atom. The van der Waals surface area contributed by atoms with Crippen molar-refractivity contribution in [3.05, 3.63) is 234 Å². The summed E-state index contributed by atoms with van der Waals surface area (Å²) in [5.41, 5.74) is 17.9. The fraction of sp³-hybridized carbons (Fsp3) is 0.350. The molecule has 15 rings (SSSR count). The van der Waals surface area contributed by atoms with Crippen LogP contribution in [0.1, 0.15) is 107 Å². The van der Waals surface area contributed by atoms with Crippen LogP contribution >= 0.6 is 27.5 Å². The second-order valence-electron chi connectivity index (χ2n) is 26.4. The Hall–Kier alpha value is -10.2. The lowest BCUT2D eigenvalue weighted by molar-refractivity contribution is -0.389. The highest BCUT2D eigenvalue weighted by molar-refractivity contribution is 9.10. The van der Waals surface area contributed by atoms with Crippen LogP contribution in [0.15, 0.2) is 181 Å². The van der Waals surface area contributed by atoms with Crippen molar-refractivity contribution in [3.63, 3.8) is 0 Å². The van der Waals surface area contributed by atoms with E-state index in [0.717, 1.165) is 126 Å². The molecule has 0 amide bonds. The van der Waals surface area contributed by atoms with Gasteiger partial charge in [-0.25, -0.2) is 19.9 Å². The van der Waals surface area contributed by atoms with Gasteiger partial charge in [-0.3, -0.25) is 0 Å². The van der Waals surface area contributed by atoms with Crippen LogP contribution in [0.4, 0.5) is 29.1 Å². The van der Waals surface area contributed by atoms with Crippen molar-refractivity contribution >= 4 is 80.5 Å². The van der Waals surface area contributed by atoms with E-state index in [1.54, 1.807) is 30.6 Å². The van der Waals surface area contributed by atoms with E-state index in [1.165, 1.54) is 41.1 Å². The minimum Gasteiger partial charge on any atom is -0.489 e. The van der Waals surface area contributed by atoms with Gasteiger partial charge in [0, 0.05) is 68.2 Å². The fourth-order valence-electron chi connectivity index (χ4n) is 11.7. The molecule has 109 heavy (non-hydrogen) atoms. The highest BCUT2D eigenvalue weighted by Gasteiger charge is 2.52. The smallest absolute Gasteiger partial charge is 0.489 e. The lowest BCUT2D eigenvalue weighted by Gasteiger charge is -2.32. The van der Waals surface area contributed by atoms with Crippen LogP contribution in [0.3, 0.4) is 0 Å². The average molecular weight is 1560 g/mol. The lowest BCUT2D eigenvalue weighted by atomic mass is 9.75. The van der Waals surface area contributed by atoms with Gasteiger partial charge in [0.2, 0.25) is 0 Å². The number of hydrogen-bond donors (Lipinski definition) is 2. The molecule has 3 saturated heterocycles. The van der Waals surface area contributed by atoms with E-state index < -0.39 is 9.85 Å². The first-order chi connectivity index (χ1) is 52.8. The van der Waals surface area contributed by atoms with Gasteiger partial charge in [0.15, 0.2) is 6.20 Å². The Labute approximate surface area is 646 Å². The molecule has 0 bridgehead atoms. The first kappa shape index (κ1) is 81.3. The number of nitrogens with zero attached hydrogens (tertiary/aromatic N) is 10. The molecule has 29 heteroatoms. The third-order valence-electron chi connectivity index (χ3n) is 18.5. The molecule has 566 valence electrons. The van der Waals surface area contributed by atoms with E-state index >= 15 is 0 Å². The van der Waals surface area contributed by atoms with Crippen LogP contribution < -0.4 is 20.5 Å². The maximum absolute atomic E-state index is 10.4. The number of nitrogens with one attached hydrogen (secondary N) is 1. The van der Waals surface area contributed by atoms with Crippen molar-refractivity contribution in [1.29, 1.82) is 10.5 Å². The largest absolute Gasteiger partial charge is 0.490 e. The Balaban J connectivity index is 0.000000147. The van der Waals surface area contributed by atoms with Crippen LogP contribution in [0.25, 0.3) is 39.0 Å². The molecule has 2 aromatic carbocycles. The lowest BCUT2D eigenvalue weighted by Crippen LogP contribution is -2.41. The summed E-state index contributed by atoms with van der Waals surface area (Å²) in [7, 11) is -0.182. The van der Waals surface area contributed by atoms with E-state index in [4.69, 9.17) is 64.5 Å². The zero-order chi connectivity index (χ0) is 77.0. The maximum Gasteiger partial charge on any atom is 0.490 e. The van der Waals surface area contributed by atoms with Gasteiger partial charge in [-0.2, -0.15) is 10.5 Å². The molecule has 0 radical (unpaired) electrons. The van der Waals surface area contributed by atoms with Crippen molar-refractivity contribution in [3.8, 4) is 45.9 Å². The summed E-state index contributed by atoms with van der Waals surface area (Å²) in [6.45, 7) is 16.8. The van der Waals surface area contributed by atoms with Crippen LogP contribution in [-0.2, 0) is 37.7 Å². The second-order valence-corrected chi connectivity index (χ2v) is 27.7. The maximum atomic E-state index is 10.4. The number of nitrogen functional groups attached to an aromatic ring is 1. The molecule has 0 atom stereocenters. The van der Waals surface area contributed by atoms with Gasteiger partial charge < -0.3 is 78.5 Å². The van der Waals surface area contributed by atoms with E-state index in [0.29, 0.717) is 98.9 Å². The van der Waals surface area contributed by atoms with Crippen molar-refractivity contribution in [2.75, 3.05) is 90.3 Å². The summed E-state index contributed by atoms with van der Waals surface area (Å²) in [6.07, 6.45) is 25.5. The van der Waals surface area contributed by atoms with E-state index in [2.05, 4.69) is 115 Å². The second kappa shape index (κ2) is 40.8. The number of nitro groups is 2. The standard InChI is InChI=1S/C27H26N4O3.C17H15ClN2O2.C11H19BO3.C10H10N2O3.C10H12N2O.C5H3BrN2O2/c28-17-23-15-20(1-3-25(23)34-24-8-13-33-14-9-24)21-5-10-29-27(16-21)31-26-4-2-22(18-30-26)19-6-11-32-12-7-19;18-17-10-13(3-6-20-17)12-1-2-16(14(9-12)11-19)22-15-4-7-21-8-5-15;1-10(2)11(3,4)15-12(14-10)9-5-7-13-8-6-9;13-12(14)10-2-1-9(7-11-10)8-3-5-15-6-4-8;11-10-2-1-9(7-12-10)8-3-5-13-6-4-8;6-4-1-2-5(7-3-4)8(9)10/h1-6,10,15-16,18,24H,7-9,11-14H2,(H,29,30,31);1-3,6,9-10,15H,4-5,7-8H2;5H,6-8H2,1-4H3;1-3,7H,4-6H2;1-3,7H,4-6H2,(H2,11,12);1-3H. The molecule has 0 saturated carbocycles. The number of nitrogens with two attached hydrogens (primary N) is 1. The predicted molar refractivity (Wildman–Crippen MR) is 418 cm³/mol. The molecule has 7 aliphatic heterocycles. The highest BCUT2D eigenvalue weighted by Crippen LogP contribution is 2.40. The Morgan fingerprint density at radius 2 is 0.945 bits per heavy atom. The number of ether oxygens (including phenoxy) is 8. The minimum absolute atomic E-state index is 0.0880. The van der Waals surface area contributed by atoms with Gasteiger partial charge in [-0.15, -0.1) is 0 Å². The Morgan fingerprint density at radius 1 is 0.505 bits per heavy atom. The molecule has 0 unspecified atom stereocenters. The molecule has 0 aliphatic carbocycles. The van der Waals surface area contributed by atoms with Crippen molar-refractivity contribution < 1.29 is 57.1 Å². The number of nitriles is 2. The number of anilines is 3. The molecule has 13 heterocycles. The van der Waals surface area contributed by atoms with E-state index in [1.807, 2.05) is 91.3 Å². The summed E-state index contributed by atoms with van der Waals surface area (Å²) < 4.78 is 56.4. The van der Waals surface area contributed by atoms with Gasteiger partial charge >= 0.3 is 18.8 Å². The molecular formula is C80H85BBrClN12O14. The Kier molecular flexibility index (Phi) is 30.5. The summed E-state index contributed by atoms with van der Waals surface area (Å²) in [6, 6.07) is 37.2. The average Bonchev–Trinajstić information content (AvgIpc) is 1.63. The van der Waals surface area contributed by atoms with Crippen LogP contribution in [0, 0.1) is 42.9 Å². The first-order valence-electron chi connectivity index (χ1n) is 35.7. The number of aromatic nitrogens is 6. The topological polar surface area (TPSA) is 342 Å². The molecular weight excluding hydrogens is 1480 g/mol. The number of benzene rings is 2. The van der Waals surface area contributed by atoms with Crippen molar-refractivity contribution in [1.82, 2.24) is 29.9 Å². The monoisotopic (exact) mass is 1560 g/mol. The molecule has 3 N–H and O–H groups in total. The number of pyridine rings is 6. The van der Waals surface area contributed by atoms with Crippen molar-refractivity contribution in [2.45, 2.75) is 102 Å². The predicted octanol–water partition coefficient (Wildman–Crippen LogP) is 15.9. The molecule has 26 nitrogen and oxygen atoms in total. The zero-order valence-electron chi connectivity index (χ0n) is 61.1. The van der Waals surface area contributed by atoms with Gasteiger partial charge in [0.05, 0.1) is 106 Å². The molecule has 8 aromatic rings. The summed E-state index contributed by atoms with van der Waals surface area (Å²) in [4.78, 5) is 43.7. The molecule has 0 spiro atoms. The highest BCUT2D eigenvalue weighted by atomic mass is 79.9.